The molecule has 0 aliphatic rings. The van der Waals surface area contributed by atoms with Gasteiger partial charge in [0.15, 0.2) is 5.69 Å². The van der Waals surface area contributed by atoms with Gasteiger partial charge in [0, 0.05) is 17.0 Å². The van der Waals surface area contributed by atoms with Gasteiger partial charge in [0.1, 0.15) is 24.8 Å². The lowest BCUT2D eigenvalue weighted by Crippen LogP contribution is -2.11. The Balaban J connectivity index is 1.35. The molecular weight excluding hydrogens is 383 g/mol. The number of nitrogens with two attached hydrogens (primary N) is 1. The van der Waals surface area contributed by atoms with Crippen LogP contribution in [0.5, 0.6) is 5.75 Å². The number of benzene rings is 3. The molecular formula is C24H19FN2O3. The van der Waals surface area contributed by atoms with E-state index in [1.54, 1.807) is 30.5 Å². The van der Waals surface area contributed by atoms with Crippen molar-refractivity contribution in [1.82, 2.24) is 4.98 Å². The second-order valence-electron chi connectivity index (χ2n) is 6.74. The quantitative estimate of drug-likeness (QED) is 0.465. The molecule has 0 fully saturated rings. The number of hydrogen-bond acceptors (Lipinski definition) is 5. The summed E-state index contributed by atoms with van der Waals surface area (Å²) in [5.74, 6) is -0.192. The van der Waals surface area contributed by atoms with Crippen molar-refractivity contribution in [1.29, 1.82) is 0 Å². The van der Waals surface area contributed by atoms with Gasteiger partial charge in [-0.15, -0.1) is 0 Å². The Labute approximate surface area is 172 Å². The lowest BCUT2D eigenvalue weighted by molar-refractivity contribution is 0.0467. The molecule has 6 heteroatoms. The lowest BCUT2D eigenvalue weighted by Gasteiger charge is -2.10. The molecule has 0 atom stereocenters. The van der Waals surface area contributed by atoms with Crippen LogP contribution in [0.25, 0.3) is 10.8 Å². The molecule has 0 saturated carbocycles. The van der Waals surface area contributed by atoms with Crippen LogP contribution < -0.4 is 10.5 Å². The van der Waals surface area contributed by atoms with Crippen molar-refractivity contribution < 1.29 is 18.7 Å². The highest BCUT2D eigenvalue weighted by molar-refractivity contribution is 6.03. The standard InChI is InChI=1S/C24H19FN2O3/c25-19-9-5-16(6-10-19)14-29-20-11-7-17(8-12-20)15-30-24(28)23-22(26)21-4-2-1-3-18(21)13-27-23/h1-13H,14-15,26H2. The van der Waals surface area contributed by atoms with E-state index in [0.717, 1.165) is 21.9 Å². The van der Waals surface area contributed by atoms with E-state index in [4.69, 9.17) is 15.2 Å². The average molecular weight is 402 g/mol. The summed E-state index contributed by atoms with van der Waals surface area (Å²) >= 11 is 0. The van der Waals surface area contributed by atoms with Gasteiger partial charge in [-0.1, -0.05) is 48.5 Å². The normalized spacial score (nSPS) is 10.7. The highest BCUT2D eigenvalue weighted by Gasteiger charge is 2.15. The number of fused-ring (bicyclic) bond motifs is 1. The summed E-state index contributed by atoms with van der Waals surface area (Å²) in [7, 11) is 0. The Morgan fingerprint density at radius 3 is 2.33 bits per heavy atom. The lowest BCUT2D eigenvalue weighted by atomic mass is 10.1. The highest BCUT2D eigenvalue weighted by atomic mass is 19.1. The van der Waals surface area contributed by atoms with E-state index < -0.39 is 5.97 Å². The minimum Gasteiger partial charge on any atom is -0.489 e. The van der Waals surface area contributed by atoms with Crippen LogP contribution in [0.15, 0.2) is 79.0 Å². The molecule has 0 radical (unpaired) electrons. The van der Waals surface area contributed by atoms with Crippen LogP contribution >= 0.6 is 0 Å². The van der Waals surface area contributed by atoms with Crippen molar-refractivity contribution in [2.24, 2.45) is 0 Å². The monoisotopic (exact) mass is 402 g/mol. The number of rotatable bonds is 6. The molecule has 1 aromatic heterocycles. The molecule has 3 aromatic carbocycles. The van der Waals surface area contributed by atoms with E-state index in [-0.39, 0.29) is 18.1 Å². The Morgan fingerprint density at radius 2 is 1.57 bits per heavy atom. The first-order valence-corrected chi connectivity index (χ1v) is 9.37. The zero-order valence-electron chi connectivity index (χ0n) is 16.0. The molecule has 0 bridgehead atoms. The van der Waals surface area contributed by atoms with Gasteiger partial charge in [-0.3, -0.25) is 0 Å². The van der Waals surface area contributed by atoms with Crippen molar-refractivity contribution in [2.75, 3.05) is 5.73 Å². The van der Waals surface area contributed by atoms with Gasteiger partial charge in [0.05, 0.1) is 5.69 Å². The number of nitrogens with zero attached hydrogens (tertiary/aromatic N) is 1. The van der Waals surface area contributed by atoms with Crippen LogP contribution in [0.2, 0.25) is 0 Å². The Bertz CT molecular complexity index is 1180. The molecule has 30 heavy (non-hydrogen) atoms. The van der Waals surface area contributed by atoms with Gasteiger partial charge >= 0.3 is 5.97 Å². The van der Waals surface area contributed by atoms with E-state index >= 15 is 0 Å². The molecule has 0 aliphatic heterocycles. The van der Waals surface area contributed by atoms with Crippen molar-refractivity contribution in [3.8, 4) is 5.75 Å². The summed E-state index contributed by atoms with van der Waals surface area (Å²) in [6.45, 7) is 0.423. The van der Waals surface area contributed by atoms with Crippen LogP contribution in [0.4, 0.5) is 10.1 Å². The number of carbonyl (C=O) groups excluding carboxylic acids is 1. The summed E-state index contributed by atoms with van der Waals surface area (Å²) in [5.41, 5.74) is 8.18. The molecule has 1 heterocycles. The Hall–Kier alpha value is -3.93. The fraction of sp³-hybridized carbons (Fsp3) is 0.0833. The maximum absolute atomic E-state index is 12.9. The van der Waals surface area contributed by atoms with Gasteiger partial charge in [0.2, 0.25) is 0 Å². The first-order valence-electron chi connectivity index (χ1n) is 9.37. The maximum Gasteiger partial charge on any atom is 0.359 e. The van der Waals surface area contributed by atoms with Crippen LogP contribution in [0.1, 0.15) is 21.6 Å². The first kappa shape index (κ1) is 19.4. The number of anilines is 1. The maximum atomic E-state index is 12.9. The third-order valence-corrected chi connectivity index (χ3v) is 4.64. The average Bonchev–Trinajstić information content (AvgIpc) is 2.78. The Morgan fingerprint density at radius 1 is 0.900 bits per heavy atom. The number of aromatic nitrogens is 1. The summed E-state index contributed by atoms with van der Waals surface area (Å²) in [6, 6.07) is 20.8. The summed E-state index contributed by atoms with van der Waals surface area (Å²) < 4.78 is 24.0. The molecule has 0 spiro atoms. The fourth-order valence-electron chi connectivity index (χ4n) is 3.00. The topological polar surface area (TPSA) is 74.4 Å². The van der Waals surface area contributed by atoms with Crippen LogP contribution in [0, 0.1) is 5.82 Å². The van der Waals surface area contributed by atoms with Gasteiger partial charge in [-0.05, 0) is 35.4 Å². The van der Waals surface area contributed by atoms with E-state index in [9.17, 15) is 9.18 Å². The van der Waals surface area contributed by atoms with Crippen molar-refractivity contribution in [3.63, 3.8) is 0 Å². The molecule has 4 aromatic rings. The number of carbonyl (C=O) groups is 1. The molecule has 5 nitrogen and oxygen atoms in total. The Kier molecular flexibility index (Phi) is 5.57. The highest BCUT2D eigenvalue weighted by Crippen LogP contribution is 2.23. The molecule has 4 rings (SSSR count). The predicted molar refractivity (Wildman–Crippen MR) is 112 cm³/mol. The van der Waals surface area contributed by atoms with Crippen molar-refractivity contribution in [2.45, 2.75) is 13.2 Å². The van der Waals surface area contributed by atoms with Gasteiger partial charge in [-0.25, -0.2) is 14.2 Å². The fourth-order valence-corrected chi connectivity index (χ4v) is 3.00. The van der Waals surface area contributed by atoms with Crippen LogP contribution in [-0.2, 0) is 18.0 Å². The first-order chi connectivity index (χ1) is 14.6. The minimum absolute atomic E-state index is 0.0883. The number of halogens is 1. The zero-order valence-corrected chi connectivity index (χ0v) is 16.0. The summed E-state index contributed by atoms with van der Waals surface area (Å²) in [5, 5.41) is 1.63. The molecule has 0 unspecified atom stereocenters. The molecule has 150 valence electrons. The molecule has 0 saturated heterocycles. The minimum atomic E-state index is -0.574. The molecule has 2 N–H and O–H groups in total. The predicted octanol–water partition coefficient (Wildman–Crippen LogP) is 4.89. The van der Waals surface area contributed by atoms with Gasteiger partial charge in [-0.2, -0.15) is 0 Å². The number of nitrogen functional groups attached to an aromatic ring is 1. The third-order valence-electron chi connectivity index (χ3n) is 4.64. The second kappa shape index (κ2) is 8.61. The van der Waals surface area contributed by atoms with Gasteiger partial charge in [0.25, 0.3) is 0 Å². The SMILES string of the molecule is Nc1c(C(=O)OCc2ccc(OCc3ccc(F)cc3)cc2)ncc2ccccc12. The van der Waals surface area contributed by atoms with E-state index in [1.807, 2.05) is 36.4 Å². The van der Waals surface area contributed by atoms with E-state index in [1.165, 1.54) is 12.1 Å². The molecule has 0 amide bonds. The number of esters is 1. The smallest absolute Gasteiger partial charge is 0.359 e. The second-order valence-corrected chi connectivity index (χ2v) is 6.74. The van der Waals surface area contributed by atoms with Gasteiger partial charge < -0.3 is 15.2 Å². The van der Waals surface area contributed by atoms with E-state index in [2.05, 4.69) is 4.98 Å². The number of hydrogen-bond donors (Lipinski definition) is 1. The number of pyridine rings is 1. The number of ether oxygens (including phenoxy) is 2. The van der Waals surface area contributed by atoms with E-state index in [0.29, 0.717) is 18.0 Å². The van der Waals surface area contributed by atoms with Crippen LogP contribution in [0.3, 0.4) is 0 Å². The third kappa shape index (κ3) is 4.38. The van der Waals surface area contributed by atoms with Crippen LogP contribution in [-0.4, -0.2) is 11.0 Å². The van der Waals surface area contributed by atoms with Crippen molar-refractivity contribution >= 4 is 22.4 Å². The molecule has 0 aliphatic carbocycles. The summed E-state index contributed by atoms with van der Waals surface area (Å²) in [4.78, 5) is 16.6. The zero-order chi connectivity index (χ0) is 20.9. The van der Waals surface area contributed by atoms with Crippen molar-refractivity contribution in [3.05, 3.63) is 102 Å². The summed E-state index contributed by atoms with van der Waals surface area (Å²) in [6.07, 6.45) is 1.61. The largest absolute Gasteiger partial charge is 0.489 e.